The molecule has 2 rings (SSSR count). The Bertz CT molecular complexity index is 600. The lowest BCUT2D eigenvalue weighted by Gasteiger charge is -2.24. The van der Waals surface area contributed by atoms with Crippen molar-refractivity contribution in [3.8, 4) is 0 Å². The molecule has 1 N–H and O–H groups in total. The SMILES string of the molecule is CN1CCC(Nc2ccc([N+](=O)[O-])cc2)C1S(C)(=O)=O. The minimum absolute atomic E-state index is 0.0127. The average Bonchev–Trinajstić information content (AvgIpc) is 2.70. The highest BCUT2D eigenvalue weighted by atomic mass is 32.2. The number of hydrogen-bond acceptors (Lipinski definition) is 6. The molecule has 1 aromatic rings. The molecule has 0 radical (unpaired) electrons. The molecule has 1 saturated heterocycles. The van der Waals surface area contributed by atoms with Crippen molar-refractivity contribution < 1.29 is 13.3 Å². The molecule has 7 nitrogen and oxygen atoms in total. The van der Waals surface area contributed by atoms with Crippen LogP contribution in [0.15, 0.2) is 24.3 Å². The number of nitro groups is 1. The van der Waals surface area contributed by atoms with Gasteiger partial charge in [0.2, 0.25) is 0 Å². The monoisotopic (exact) mass is 299 g/mol. The second kappa shape index (κ2) is 5.37. The minimum Gasteiger partial charge on any atom is -0.380 e. The summed E-state index contributed by atoms with van der Waals surface area (Å²) in [4.78, 5) is 11.9. The standard InChI is InChI=1S/C12H17N3O4S/c1-14-8-7-11(12(14)20(2,18)19)13-9-3-5-10(6-4-9)15(16)17/h3-6,11-13H,7-8H2,1-2H3. The molecule has 2 atom stereocenters. The lowest BCUT2D eigenvalue weighted by atomic mass is 10.2. The first-order chi connectivity index (χ1) is 9.29. The zero-order valence-electron chi connectivity index (χ0n) is 11.3. The summed E-state index contributed by atoms with van der Waals surface area (Å²) < 4.78 is 23.6. The van der Waals surface area contributed by atoms with Gasteiger partial charge in [0.1, 0.15) is 5.37 Å². The van der Waals surface area contributed by atoms with Crippen LogP contribution in [0, 0.1) is 10.1 Å². The van der Waals surface area contributed by atoms with E-state index in [1.807, 2.05) is 0 Å². The Balaban J connectivity index is 2.15. The molecule has 0 aromatic heterocycles. The van der Waals surface area contributed by atoms with E-state index >= 15 is 0 Å². The molecule has 1 aromatic carbocycles. The number of rotatable bonds is 4. The van der Waals surface area contributed by atoms with Crippen LogP contribution in [0.5, 0.6) is 0 Å². The number of hydrogen-bond donors (Lipinski definition) is 1. The smallest absolute Gasteiger partial charge is 0.269 e. The number of anilines is 1. The summed E-state index contributed by atoms with van der Waals surface area (Å²) in [5.74, 6) is 0. The van der Waals surface area contributed by atoms with Gasteiger partial charge in [-0.25, -0.2) is 8.42 Å². The number of non-ortho nitro benzene ring substituents is 1. The number of benzene rings is 1. The van der Waals surface area contributed by atoms with Gasteiger partial charge in [-0.3, -0.25) is 15.0 Å². The van der Waals surface area contributed by atoms with Crippen molar-refractivity contribution in [2.45, 2.75) is 17.8 Å². The third kappa shape index (κ3) is 3.07. The van der Waals surface area contributed by atoms with E-state index in [1.54, 1.807) is 24.1 Å². The van der Waals surface area contributed by atoms with Crippen molar-refractivity contribution in [3.63, 3.8) is 0 Å². The molecule has 1 aliphatic heterocycles. The summed E-state index contributed by atoms with van der Waals surface area (Å²) in [6.07, 6.45) is 1.94. The molecule has 0 bridgehead atoms. The van der Waals surface area contributed by atoms with Crippen LogP contribution in [0.3, 0.4) is 0 Å². The molecular weight excluding hydrogens is 282 g/mol. The van der Waals surface area contributed by atoms with Crippen molar-refractivity contribution in [2.24, 2.45) is 0 Å². The van der Waals surface area contributed by atoms with Crippen LogP contribution >= 0.6 is 0 Å². The fourth-order valence-corrected chi connectivity index (χ4v) is 4.14. The highest BCUT2D eigenvalue weighted by Gasteiger charge is 2.38. The first kappa shape index (κ1) is 14.7. The number of likely N-dealkylation sites (N-methyl/N-ethyl adjacent to an activating group) is 1. The number of sulfone groups is 1. The predicted molar refractivity (Wildman–Crippen MR) is 76.4 cm³/mol. The second-order valence-electron chi connectivity index (χ2n) is 5.04. The Hall–Kier alpha value is -1.67. The highest BCUT2D eigenvalue weighted by molar-refractivity contribution is 7.91. The molecule has 0 saturated carbocycles. The van der Waals surface area contributed by atoms with Crippen LogP contribution in [-0.2, 0) is 9.84 Å². The van der Waals surface area contributed by atoms with E-state index in [9.17, 15) is 18.5 Å². The molecule has 0 aliphatic carbocycles. The van der Waals surface area contributed by atoms with Gasteiger partial charge in [-0.05, 0) is 25.6 Å². The second-order valence-corrected chi connectivity index (χ2v) is 7.19. The summed E-state index contributed by atoms with van der Waals surface area (Å²) in [5.41, 5.74) is 0.698. The van der Waals surface area contributed by atoms with Gasteiger partial charge in [-0.15, -0.1) is 0 Å². The Labute approximate surface area is 117 Å². The van der Waals surface area contributed by atoms with Gasteiger partial charge < -0.3 is 5.32 Å². The Morgan fingerprint density at radius 1 is 1.35 bits per heavy atom. The average molecular weight is 299 g/mol. The van der Waals surface area contributed by atoms with Crippen molar-refractivity contribution in [1.82, 2.24) is 4.90 Å². The predicted octanol–water partition coefficient (Wildman–Crippen LogP) is 1.08. The Morgan fingerprint density at radius 2 is 1.95 bits per heavy atom. The zero-order valence-corrected chi connectivity index (χ0v) is 12.1. The fraction of sp³-hybridized carbons (Fsp3) is 0.500. The van der Waals surface area contributed by atoms with Gasteiger partial charge in [0.25, 0.3) is 5.69 Å². The van der Waals surface area contributed by atoms with Crippen molar-refractivity contribution >= 4 is 21.2 Å². The van der Waals surface area contributed by atoms with Gasteiger partial charge in [-0.2, -0.15) is 0 Å². The van der Waals surface area contributed by atoms with Gasteiger partial charge in [0.15, 0.2) is 9.84 Å². The number of nitrogens with one attached hydrogen (secondary N) is 1. The van der Waals surface area contributed by atoms with Crippen LogP contribution < -0.4 is 5.32 Å². The molecule has 0 amide bonds. The van der Waals surface area contributed by atoms with E-state index in [2.05, 4.69) is 5.32 Å². The summed E-state index contributed by atoms with van der Waals surface area (Å²) in [5, 5.41) is 13.2. The summed E-state index contributed by atoms with van der Waals surface area (Å²) in [7, 11) is -1.41. The summed E-state index contributed by atoms with van der Waals surface area (Å²) in [6, 6.07) is 5.77. The molecule has 1 aliphatic rings. The van der Waals surface area contributed by atoms with Crippen LogP contribution in [0.4, 0.5) is 11.4 Å². The van der Waals surface area contributed by atoms with E-state index in [-0.39, 0.29) is 11.7 Å². The van der Waals surface area contributed by atoms with Crippen LogP contribution in [0.2, 0.25) is 0 Å². The van der Waals surface area contributed by atoms with E-state index in [1.165, 1.54) is 18.4 Å². The van der Waals surface area contributed by atoms with Crippen LogP contribution in [-0.4, -0.2) is 49.5 Å². The largest absolute Gasteiger partial charge is 0.380 e. The van der Waals surface area contributed by atoms with Crippen molar-refractivity contribution in [1.29, 1.82) is 0 Å². The third-order valence-corrected chi connectivity index (χ3v) is 5.01. The maximum atomic E-state index is 11.8. The highest BCUT2D eigenvalue weighted by Crippen LogP contribution is 2.25. The van der Waals surface area contributed by atoms with Crippen LogP contribution in [0.1, 0.15) is 6.42 Å². The molecule has 20 heavy (non-hydrogen) atoms. The molecular formula is C12H17N3O4S. The normalized spacial score (nSPS) is 23.7. The maximum absolute atomic E-state index is 11.8. The van der Waals surface area contributed by atoms with E-state index in [0.29, 0.717) is 18.7 Å². The Kier molecular flexibility index (Phi) is 3.96. The molecule has 0 spiro atoms. The molecule has 1 heterocycles. The lowest BCUT2D eigenvalue weighted by Crippen LogP contribution is -2.42. The quantitative estimate of drug-likeness (QED) is 0.660. The Morgan fingerprint density at radius 3 is 2.45 bits per heavy atom. The maximum Gasteiger partial charge on any atom is 0.269 e. The van der Waals surface area contributed by atoms with E-state index < -0.39 is 20.1 Å². The zero-order chi connectivity index (χ0) is 14.9. The molecule has 2 unspecified atom stereocenters. The minimum atomic E-state index is -3.19. The third-order valence-electron chi connectivity index (χ3n) is 3.44. The summed E-state index contributed by atoms with van der Waals surface area (Å²) in [6.45, 7) is 0.697. The topological polar surface area (TPSA) is 92.5 Å². The number of nitro benzene ring substituents is 1. The number of likely N-dealkylation sites (tertiary alicyclic amines) is 1. The molecule has 8 heteroatoms. The van der Waals surface area contributed by atoms with Gasteiger partial charge in [-0.1, -0.05) is 0 Å². The van der Waals surface area contributed by atoms with Crippen LogP contribution in [0.25, 0.3) is 0 Å². The van der Waals surface area contributed by atoms with Gasteiger partial charge in [0, 0.05) is 30.6 Å². The van der Waals surface area contributed by atoms with E-state index in [0.717, 1.165) is 0 Å². The first-order valence-electron chi connectivity index (χ1n) is 6.19. The van der Waals surface area contributed by atoms with Crippen molar-refractivity contribution in [3.05, 3.63) is 34.4 Å². The lowest BCUT2D eigenvalue weighted by molar-refractivity contribution is -0.384. The van der Waals surface area contributed by atoms with Gasteiger partial charge >= 0.3 is 0 Å². The van der Waals surface area contributed by atoms with E-state index in [4.69, 9.17) is 0 Å². The molecule has 110 valence electrons. The van der Waals surface area contributed by atoms with Crippen molar-refractivity contribution in [2.75, 3.05) is 25.2 Å². The first-order valence-corrected chi connectivity index (χ1v) is 8.14. The summed E-state index contributed by atoms with van der Waals surface area (Å²) >= 11 is 0. The molecule has 1 fully saturated rings. The van der Waals surface area contributed by atoms with Gasteiger partial charge in [0.05, 0.1) is 11.0 Å². The number of nitrogens with zero attached hydrogens (tertiary/aromatic N) is 2. The fourth-order valence-electron chi connectivity index (χ4n) is 2.58.